The second-order valence-corrected chi connectivity index (χ2v) is 7.42. The van der Waals surface area contributed by atoms with Crippen molar-refractivity contribution < 1.29 is 9.47 Å². The van der Waals surface area contributed by atoms with Gasteiger partial charge in [-0.25, -0.2) is 0 Å². The van der Waals surface area contributed by atoms with Crippen LogP contribution in [0.3, 0.4) is 0 Å². The number of fused-ring (bicyclic) bond motifs is 3. The normalized spacial score (nSPS) is 15.7. The molecule has 2 heterocycles. The molecule has 2 aliphatic rings. The number of rotatable bonds is 3. The van der Waals surface area contributed by atoms with Gasteiger partial charge in [-0.3, -0.25) is 0 Å². The topological polar surface area (TPSA) is 48.7 Å². The zero-order valence-corrected chi connectivity index (χ0v) is 16.9. The first-order valence-corrected chi connectivity index (χ1v) is 9.51. The number of nitrogens with zero attached hydrogens (tertiary/aromatic N) is 3. The van der Waals surface area contributed by atoms with Crippen molar-refractivity contribution in [1.82, 2.24) is 4.90 Å². The molecule has 0 radical (unpaired) electrons. The minimum atomic E-state index is 0.610. The van der Waals surface area contributed by atoms with Crippen LogP contribution in [0.5, 0.6) is 11.5 Å². The first kappa shape index (κ1) is 18.2. The number of benzene rings is 2. The van der Waals surface area contributed by atoms with Crippen molar-refractivity contribution in [2.45, 2.75) is 20.3 Å². The van der Waals surface area contributed by atoms with Crippen LogP contribution in [0.15, 0.2) is 35.9 Å². The van der Waals surface area contributed by atoms with E-state index in [4.69, 9.17) is 9.47 Å². The fourth-order valence-electron chi connectivity index (χ4n) is 4.09. The van der Waals surface area contributed by atoms with Gasteiger partial charge in [0.05, 0.1) is 44.8 Å². The van der Waals surface area contributed by atoms with Crippen molar-refractivity contribution in [1.29, 1.82) is 5.26 Å². The molecule has 0 saturated heterocycles. The first-order valence-electron chi connectivity index (χ1n) is 9.51. The minimum absolute atomic E-state index is 0.610. The zero-order valence-electron chi connectivity index (χ0n) is 16.9. The van der Waals surface area contributed by atoms with E-state index in [9.17, 15) is 5.26 Å². The lowest BCUT2D eigenvalue weighted by Crippen LogP contribution is -2.45. The van der Waals surface area contributed by atoms with E-state index in [0.717, 1.165) is 47.9 Å². The lowest BCUT2D eigenvalue weighted by atomic mass is 9.92. The molecule has 0 aromatic heterocycles. The summed E-state index contributed by atoms with van der Waals surface area (Å²) in [5.41, 5.74) is 7.82. The van der Waals surface area contributed by atoms with Gasteiger partial charge in [0.25, 0.3) is 0 Å². The lowest BCUT2D eigenvalue weighted by Gasteiger charge is -2.43. The highest BCUT2D eigenvalue weighted by Gasteiger charge is 2.31. The highest BCUT2D eigenvalue weighted by Crippen LogP contribution is 2.40. The molecule has 2 aromatic carbocycles. The van der Waals surface area contributed by atoms with Gasteiger partial charge in [0, 0.05) is 17.8 Å². The molecule has 4 rings (SSSR count). The maximum absolute atomic E-state index is 9.93. The Labute approximate surface area is 166 Å². The van der Waals surface area contributed by atoms with Crippen molar-refractivity contribution in [2.75, 3.05) is 38.9 Å². The Balaban J connectivity index is 1.78. The van der Waals surface area contributed by atoms with Crippen LogP contribution in [0.4, 0.5) is 5.69 Å². The van der Waals surface area contributed by atoms with Gasteiger partial charge in [-0.05, 0) is 61.2 Å². The molecular weight excluding hydrogens is 350 g/mol. The quantitative estimate of drug-likeness (QED) is 0.815. The molecule has 28 heavy (non-hydrogen) atoms. The summed E-state index contributed by atoms with van der Waals surface area (Å²) in [6.07, 6.45) is 0.915. The Bertz CT molecular complexity index is 1000. The number of ether oxygens (including phenoxy) is 2. The smallest absolute Gasteiger partial charge is 0.161 e. The summed E-state index contributed by atoms with van der Waals surface area (Å²) < 4.78 is 11.0. The van der Waals surface area contributed by atoms with Crippen LogP contribution >= 0.6 is 0 Å². The first-order chi connectivity index (χ1) is 13.5. The number of aryl methyl sites for hydroxylation is 2. The Morgan fingerprint density at radius 2 is 1.71 bits per heavy atom. The summed E-state index contributed by atoms with van der Waals surface area (Å²) in [5, 5.41) is 9.93. The molecule has 0 bridgehead atoms. The average molecular weight is 375 g/mol. The Morgan fingerprint density at radius 3 is 2.39 bits per heavy atom. The van der Waals surface area contributed by atoms with Crippen molar-refractivity contribution in [3.05, 3.63) is 58.2 Å². The van der Waals surface area contributed by atoms with E-state index in [-0.39, 0.29) is 0 Å². The van der Waals surface area contributed by atoms with Crippen molar-refractivity contribution in [2.24, 2.45) is 0 Å². The van der Waals surface area contributed by atoms with E-state index in [1.165, 1.54) is 16.7 Å². The molecule has 144 valence electrons. The number of hydrogen-bond acceptors (Lipinski definition) is 5. The fraction of sp³-hybridized carbons (Fsp3) is 0.348. The van der Waals surface area contributed by atoms with Gasteiger partial charge in [0.15, 0.2) is 11.5 Å². The maximum atomic E-state index is 9.93. The van der Waals surface area contributed by atoms with Gasteiger partial charge in [-0.1, -0.05) is 6.07 Å². The van der Waals surface area contributed by atoms with E-state index < -0.39 is 0 Å². The van der Waals surface area contributed by atoms with Gasteiger partial charge in [-0.2, -0.15) is 5.26 Å². The van der Waals surface area contributed by atoms with E-state index in [1.807, 2.05) is 12.1 Å². The molecule has 2 aliphatic heterocycles. The largest absolute Gasteiger partial charge is 0.493 e. The molecule has 0 N–H and O–H groups in total. The van der Waals surface area contributed by atoms with Crippen molar-refractivity contribution in [3.63, 3.8) is 0 Å². The number of anilines is 1. The third kappa shape index (κ3) is 2.95. The van der Waals surface area contributed by atoms with Crippen LogP contribution in [0.2, 0.25) is 0 Å². The Kier molecular flexibility index (Phi) is 4.64. The second kappa shape index (κ2) is 7.12. The molecule has 2 aromatic rings. The molecule has 0 spiro atoms. The number of methoxy groups -OCH3 is 2. The standard InChI is InChI=1S/C23H25N3O2/c1-15-5-6-19(9-16(15)2)26-13-18(12-24)23-20-11-22(28-4)21(27-3)10-17(20)7-8-25(23)14-26/h5-6,9-11H,7-8,13-14H2,1-4H3. The van der Waals surface area contributed by atoms with Gasteiger partial charge in [0.2, 0.25) is 0 Å². The van der Waals surface area contributed by atoms with Crippen molar-refractivity contribution >= 4 is 11.4 Å². The maximum Gasteiger partial charge on any atom is 0.161 e. The minimum Gasteiger partial charge on any atom is -0.493 e. The number of hydrogen-bond donors (Lipinski definition) is 0. The Hall–Kier alpha value is -3.13. The van der Waals surface area contributed by atoms with E-state index >= 15 is 0 Å². The molecule has 5 nitrogen and oxygen atoms in total. The van der Waals surface area contributed by atoms with Crippen LogP contribution in [0.1, 0.15) is 22.3 Å². The molecule has 0 atom stereocenters. The average Bonchev–Trinajstić information content (AvgIpc) is 2.73. The molecule has 5 heteroatoms. The van der Waals surface area contributed by atoms with Gasteiger partial charge < -0.3 is 19.3 Å². The highest BCUT2D eigenvalue weighted by molar-refractivity contribution is 5.78. The fourth-order valence-corrected chi connectivity index (χ4v) is 4.09. The monoisotopic (exact) mass is 375 g/mol. The zero-order chi connectivity index (χ0) is 19.8. The molecule has 0 fully saturated rings. The van der Waals surface area contributed by atoms with Crippen molar-refractivity contribution in [3.8, 4) is 17.6 Å². The van der Waals surface area contributed by atoms with E-state index in [2.05, 4.69) is 47.9 Å². The molecule has 0 amide bonds. The van der Waals surface area contributed by atoms with Gasteiger partial charge >= 0.3 is 0 Å². The Morgan fingerprint density at radius 1 is 0.964 bits per heavy atom. The van der Waals surface area contributed by atoms with Crippen LogP contribution in [0, 0.1) is 25.2 Å². The summed E-state index contributed by atoms with van der Waals surface area (Å²) in [6, 6.07) is 13.0. The summed E-state index contributed by atoms with van der Waals surface area (Å²) in [4.78, 5) is 4.59. The summed E-state index contributed by atoms with van der Waals surface area (Å²) >= 11 is 0. The van der Waals surface area contributed by atoms with E-state index in [0.29, 0.717) is 12.3 Å². The molecule has 0 aliphatic carbocycles. The SMILES string of the molecule is COc1cc2c(cc1OC)C1=C(C#N)CN(c3ccc(C)c(C)c3)CN1CC2. The van der Waals surface area contributed by atoms with Crippen LogP contribution in [-0.4, -0.2) is 38.9 Å². The van der Waals surface area contributed by atoms with Crippen LogP contribution in [-0.2, 0) is 6.42 Å². The summed E-state index contributed by atoms with van der Waals surface area (Å²) in [5.74, 6) is 1.44. The highest BCUT2D eigenvalue weighted by atomic mass is 16.5. The second-order valence-electron chi connectivity index (χ2n) is 7.42. The third-order valence-electron chi connectivity index (χ3n) is 5.80. The summed E-state index contributed by atoms with van der Waals surface area (Å²) in [6.45, 7) is 6.52. The van der Waals surface area contributed by atoms with Gasteiger partial charge in [-0.15, -0.1) is 0 Å². The number of nitriles is 1. The molecule has 0 saturated carbocycles. The molecular formula is C23H25N3O2. The third-order valence-corrected chi connectivity index (χ3v) is 5.80. The van der Waals surface area contributed by atoms with Crippen LogP contribution in [0.25, 0.3) is 5.70 Å². The van der Waals surface area contributed by atoms with E-state index in [1.54, 1.807) is 14.2 Å². The lowest BCUT2D eigenvalue weighted by molar-refractivity contribution is 0.349. The predicted octanol–water partition coefficient (Wildman–Crippen LogP) is 3.89. The van der Waals surface area contributed by atoms with Crippen LogP contribution < -0.4 is 14.4 Å². The summed E-state index contributed by atoms with van der Waals surface area (Å²) in [7, 11) is 3.30. The predicted molar refractivity (Wildman–Crippen MR) is 111 cm³/mol. The van der Waals surface area contributed by atoms with Gasteiger partial charge in [0.1, 0.15) is 0 Å². The molecule has 0 unspecified atom stereocenters.